The molecular weight excluding hydrogens is 402 g/mol. The van der Waals surface area contributed by atoms with Crippen molar-refractivity contribution in [2.24, 2.45) is 0 Å². The largest absolute Gasteiger partial charge is 0.339 e. The number of benzene rings is 2. The molecule has 0 atom stereocenters. The maximum Gasteiger partial charge on any atom is 0.295 e. The molecule has 2 aromatic carbocycles. The molecule has 0 spiro atoms. The molecule has 1 fully saturated rings. The lowest BCUT2D eigenvalue weighted by atomic mass is 10.1. The first-order valence-electron chi connectivity index (χ1n) is 9.84. The van der Waals surface area contributed by atoms with E-state index < -0.39 is 5.91 Å². The number of nitrogens with one attached hydrogen (secondary N) is 1. The first kappa shape index (κ1) is 20.1. The molecule has 0 aliphatic carbocycles. The van der Waals surface area contributed by atoms with E-state index in [0.29, 0.717) is 22.1 Å². The number of anilines is 1. The predicted molar refractivity (Wildman–Crippen MR) is 115 cm³/mol. The number of amides is 2. The summed E-state index contributed by atoms with van der Waals surface area (Å²) < 4.78 is 1.58. The van der Waals surface area contributed by atoms with Gasteiger partial charge in [0, 0.05) is 18.1 Å². The van der Waals surface area contributed by atoms with E-state index >= 15 is 0 Å². The standard InChI is InChI=1S/C22H22ClN5O2/c1-14-6-5-7-18(22(30)27-12-3-4-13-27)19(14)25-21(29)20-24-15(2)28(26-20)17-10-8-16(23)9-11-17/h5-11H,3-4,12-13H2,1-2H3,(H,25,29). The maximum atomic E-state index is 12.9. The zero-order valence-electron chi connectivity index (χ0n) is 16.9. The number of likely N-dealkylation sites (tertiary alicyclic amines) is 1. The second-order valence-electron chi connectivity index (χ2n) is 7.32. The van der Waals surface area contributed by atoms with Crippen LogP contribution in [-0.2, 0) is 0 Å². The highest BCUT2D eigenvalue weighted by atomic mass is 35.5. The lowest BCUT2D eigenvalue weighted by Crippen LogP contribution is -2.29. The Labute approximate surface area is 179 Å². The number of carbonyl (C=O) groups excluding carboxylic acids is 2. The molecule has 0 saturated carbocycles. The first-order chi connectivity index (χ1) is 14.4. The highest BCUT2D eigenvalue weighted by Crippen LogP contribution is 2.24. The number of hydrogen-bond donors (Lipinski definition) is 1. The molecule has 4 rings (SSSR count). The lowest BCUT2D eigenvalue weighted by molar-refractivity contribution is 0.0793. The smallest absolute Gasteiger partial charge is 0.295 e. The summed E-state index contributed by atoms with van der Waals surface area (Å²) in [4.78, 5) is 32.0. The van der Waals surface area contributed by atoms with E-state index in [4.69, 9.17) is 11.6 Å². The van der Waals surface area contributed by atoms with E-state index in [1.807, 2.05) is 24.0 Å². The van der Waals surface area contributed by atoms with Crippen molar-refractivity contribution in [3.8, 4) is 5.69 Å². The molecular formula is C22H22ClN5O2. The van der Waals surface area contributed by atoms with Gasteiger partial charge >= 0.3 is 0 Å². The third kappa shape index (κ3) is 3.93. The molecule has 8 heteroatoms. The van der Waals surface area contributed by atoms with Gasteiger partial charge in [-0.1, -0.05) is 23.7 Å². The fraction of sp³-hybridized carbons (Fsp3) is 0.273. The van der Waals surface area contributed by atoms with Crippen LogP contribution in [0.1, 0.15) is 45.2 Å². The molecule has 3 aromatic rings. The molecule has 2 amide bonds. The number of aryl methyl sites for hydroxylation is 2. The second-order valence-corrected chi connectivity index (χ2v) is 7.76. The summed E-state index contributed by atoms with van der Waals surface area (Å²) in [6, 6.07) is 12.5. The first-order valence-corrected chi connectivity index (χ1v) is 10.2. The van der Waals surface area contributed by atoms with Crippen LogP contribution < -0.4 is 5.32 Å². The van der Waals surface area contributed by atoms with Crippen LogP contribution in [-0.4, -0.2) is 44.6 Å². The van der Waals surface area contributed by atoms with E-state index in [-0.39, 0.29) is 11.7 Å². The van der Waals surface area contributed by atoms with Crippen LogP contribution in [0.4, 0.5) is 5.69 Å². The van der Waals surface area contributed by atoms with Crippen LogP contribution in [0.15, 0.2) is 42.5 Å². The second kappa shape index (κ2) is 8.28. The predicted octanol–water partition coefficient (Wildman–Crippen LogP) is 4.03. The van der Waals surface area contributed by atoms with Crippen molar-refractivity contribution >= 4 is 29.1 Å². The summed E-state index contributed by atoms with van der Waals surface area (Å²) in [5.41, 5.74) is 2.55. The molecule has 1 saturated heterocycles. The summed E-state index contributed by atoms with van der Waals surface area (Å²) in [6.45, 7) is 5.12. The number of para-hydroxylation sites is 1. The Morgan fingerprint density at radius 1 is 1.03 bits per heavy atom. The van der Waals surface area contributed by atoms with Crippen molar-refractivity contribution in [3.05, 3.63) is 70.3 Å². The Balaban J connectivity index is 1.61. The van der Waals surface area contributed by atoms with Crippen molar-refractivity contribution < 1.29 is 9.59 Å². The average Bonchev–Trinajstić information content (AvgIpc) is 3.40. The molecule has 1 aliphatic heterocycles. The molecule has 0 radical (unpaired) electrons. The topological polar surface area (TPSA) is 80.1 Å². The third-order valence-electron chi connectivity index (χ3n) is 5.18. The van der Waals surface area contributed by atoms with Crippen LogP contribution in [0, 0.1) is 13.8 Å². The van der Waals surface area contributed by atoms with Crippen LogP contribution in [0.5, 0.6) is 0 Å². The monoisotopic (exact) mass is 423 g/mol. The minimum Gasteiger partial charge on any atom is -0.339 e. The highest BCUT2D eigenvalue weighted by molar-refractivity contribution is 6.30. The van der Waals surface area contributed by atoms with E-state index in [1.54, 1.807) is 41.9 Å². The van der Waals surface area contributed by atoms with Gasteiger partial charge in [0.2, 0.25) is 5.82 Å². The Kier molecular flexibility index (Phi) is 5.55. The van der Waals surface area contributed by atoms with Gasteiger partial charge in [-0.05, 0) is 62.6 Å². The number of nitrogens with zero attached hydrogens (tertiary/aromatic N) is 4. The summed E-state index contributed by atoms with van der Waals surface area (Å²) in [5, 5.41) is 7.81. The van der Waals surface area contributed by atoms with Crippen molar-refractivity contribution in [1.29, 1.82) is 0 Å². The number of aromatic nitrogens is 3. The van der Waals surface area contributed by atoms with Gasteiger partial charge in [-0.25, -0.2) is 9.67 Å². The van der Waals surface area contributed by atoms with E-state index in [2.05, 4.69) is 15.4 Å². The number of rotatable bonds is 4. The van der Waals surface area contributed by atoms with Gasteiger partial charge in [0.15, 0.2) is 0 Å². The molecule has 0 unspecified atom stereocenters. The third-order valence-corrected chi connectivity index (χ3v) is 5.43. The average molecular weight is 424 g/mol. The summed E-state index contributed by atoms with van der Waals surface area (Å²) in [6.07, 6.45) is 2.01. The molecule has 1 aromatic heterocycles. The van der Waals surface area contributed by atoms with E-state index in [1.165, 1.54) is 0 Å². The van der Waals surface area contributed by atoms with Crippen LogP contribution in [0.2, 0.25) is 5.02 Å². The van der Waals surface area contributed by atoms with Crippen LogP contribution in [0.3, 0.4) is 0 Å². The minimum absolute atomic E-state index is 0.0327. The molecule has 30 heavy (non-hydrogen) atoms. The van der Waals surface area contributed by atoms with Crippen LogP contribution in [0.25, 0.3) is 5.69 Å². The SMILES string of the molecule is Cc1cccc(C(=O)N2CCCC2)c1NC(=O)c1nc(C)n(-c2ccc(Cl)cc2)n1. The maximum absolute atomic E-state index is 12.9. The fourth-order valence-corrected chi connectivity index (χ4v) is 3.71. The molecule has 7 nitrogen and oxygen atoms in total. The minimum atomic E-state index is -0.462. The molecule has 2 heterocycles. The Morgan fingerprint density at radius 2 is 1.73 bits per heavy atom. The van der Waals surface area contributed by atoms with Crippen LogP contribution >= 0.6 is 11.6 Å². The molecule has 154 valence electrons. The van der Waals surface area contributed by atoms with Gasteiger partial charge in [-0.2, -0.15) is 0 Å². The highest BCUT2D eigenvalue weighted by Gasteiger charge is 2.24. The lowest BCUT2D eigenvalue weighted by Gasteiger charge is -2.19. The van der Waals surface area contributed by atoms with Gasteiger partial charge in [0.05, 0.1) is 16.9 Å². The van der Waals surface area contributed by atoms with Gasteiger partial charge in [-0.15, -0.1) is 5.10 Å². The summed E-state index contributed by atoms with van der Waals surface area (Å²) in [5.74, 6) is 0.0730. The van der Waals surface area contributed by atoms with E-state index in [9.17, 15) is 9.59 Å². The molecule has 0 bridgehead atoms. The van der Waals surface area contributed by atoms with Gasteiger partial charge in [0.1, 0.15) is 5.82 Å². The zero-order valence-corrected chi connectivity index (χ0v) is 17.6. The van der Waals surface area contributed by atoms with Gasteiger partial charge in [0.25, 0.3) is 11.8 Å². The number of hydrogen-bond acceptors (Lipinski definition) is 4. The van der Waals surface area contributed by atoms with Gasteiger partial charge in [-0.3, -0.25) is 9.59 Å². The number of halogens is 1. The normalized spacial score (nSPS) is 13.5. The Hall–Kier alpha value is -3.19. The van der Waals surface area contributed by atoms with Crippen molar-refractivity contribution in [2.75, 3.05) is 18.4 Å². The fourth-order valence-electron chi connectivity index (χ4n) is 3.59. The van der Waals surface area contributed by atoms with Crippen molar-refractivity contribution in [2.45, 2.75) is 26.7 Å². The summed E-state index contributed by atoms with van der Waals surface area (Å²) in [7, 11) is 0. The van der Waals surface area contributed by atoms with Gasteiger partial charge < -0.3 is 10.2 Å². The Morgan fingerprint density at radius 3 is 2.43 bits per heavy atom. The quantitative estimate of drug-likeness (QED) is 0.687. The van der Waals surface area contributed by atoms with E-state index in [0.717, 1.165) is 37.2 Å². The Bertz CT molecular complexity index is 1100. The molecule has 1 aliphatic rings. The zero-order chi connectivity index (χ0) is 21.3. The number of carbonyl (C=O) groups is 2. The summed E-state index contributed by atoms with van der Waals surface area (Å²) >= 11 is 5.95. The van der Waals surface area contributed by atoms with Crippen molar-refractivity contribution in [1.82, 2.24) is 19.7 Å². The molecule has 1 N–H and O–H groups in total. The van der Waals surface area contributed by atoms with Crippen molar-refractivity contribution in [3.63, 3.8) is 0 Å².